The number of rotatable bonds is 3. The van der Waals surface area contributed by atoms with Crippen molar-refractivity contribution in [3.8, 4) is 0 Å². The van der Waals surface area contributed by atoms with Crippen molar-refractivity contribution in [2.24, 2.45) is 0 Å². The number of hydrogen-bond donors (Lipinski definition) is 1. The lowest BCUT2D eigenvalue weighted by atomic mass is 10.1. The third kappa shape index (κ3) is 2.35. The quantitative estimate of drug-likeness (QED) is 0.694. The summed E-state index contributed by atoms with van der Waals surface area (Å²) in [6, 6.07) is 7.01. The average Bonchev–Trinajstić information content (AvgIpc) is 2.95. The molecule has 0 spiro atoms. The first kappa shape index (κ1) is 12.6. The third-order valence-electron chi connectivity index (χ3n) is 3.23. The first-order valence-electron chi connectivity index (χ1n) is 6.06. The highest BCUT2D eigenvalue weighted by Crippen LogP contribution is 2.23. The fourth-order valence-electron chi connectivity index (χ4n) is 2.37. The van der Waals surface area contributed by atoms with Gasteiger partial charge >= 0.3 is 0 Å². The van der Waals surface area contributed by atoms with Crippen LogP contribution in [0.1, 0.15) is 18.5 Å². The maximum absolute atomic E-state index is 13.4. The van der Waals surface area contributed by atoms with Crippen molar-refractivity contribution in [2.75, 3.05) is 0 Å². The Bertz CT molecular complexity index is 755. The normalized spacial score (nSPS) is 12.9. The predicted molar refractivity (Wildman–Crippen MR) is 79.8 cm³/mol. The van der Waals surface area contributed by atoms with Gasteiger partial charge in [0.05, 0.1) is 11.0 Å². The smallest absolute Gasteiger partial charge is 0.178 e. The summed E-state index contributed by atoms with van der Waals surface area (Å²) in [4.78, 5) is 3.13. The molecular weight excluding hydrogens is 279 g/mol. The van der Waals surface area contributed by atoms with Crippen LogP contribution in [0.4, 0.5) is 4.39 Å². The number of nitrogens with one attached hydrogen (secondary N) is 1. The molecule has 3 rings (SSSR count). The molecule has 1 N–H and O–H groups in total. The van der Waals surface area contributed by atoms with E-state index in [4.69, 9.17) is 12.2 Å². The van der Waals surface area contributed by atoms with Crippen LogP contribution in [0, 0.1) is 10.6 Å². The molecule has 3 aromatic rings. The van der Waals surface area contributed by atoms with Gasteiger partial charge in [0.15, 0.2) is 4.77 Å². The first-order valence-corrected chi connectivity index (χ1v) is 7.41. The lowest BCUT2D eigenvalue weighted by molar-refractivity contribution is 0.552. The minimum absolute atomic E-state index is 0.192. The number of H-pyrrole nitrogens is 1. The lowest BCUT2D eigenvalue weighted by Gasteiger charge is -2.13. The number of hydrogen-bond acceptors (Lipinski definition) is 2. The van der Waals surface area contributed by atoms with Gasteiger partial charge in [-0.1, -0.05) is 0 Å². The Morgan fingerprint density at radius 1 is 1.42 bits per heavy atom. The van der Waals surface area contributed by atoms with Gasteiger partial charge in [-0.2, -0.15) is 11.3 Å². The zero-order valence-corrected chi connectivity index (χ0v) is 12.0. The first-order chi connectivity index (χ1) is 9.15. The molecule has 0 saturated carbocycles. The topological polar surface area (TPSA) is 20.7 Å². The molecule has 0 fully saturated rings. The van der Waals surface area contributed by atoms with Gasteiger partial charge in [-0.25, -0.2) is 4.39 Å². The SMILES string of the molecule is CC(Cc1ccsc1)n1c(=S)[nH]c2ccc(F)cc21. The standard InChI is InChI=1S/C14H13FN2S2/c1-9(6-10-4-5-19-8-10)17-13-7-11(15)2-3-12(13)16-14(17)18/h2-5,7-9H,6H2,1H3,(H,16,18). The van der Waals surface area contributed by atoms with E-state index in [2.05, 4.69) is 28.7 Å². The van der Waals surface area contributed by atoms with Crippen LogP contribution in [0.15, 0.2) is 35.0 Å². The molecular formula is C14H13FN2S2. The van der Waals surface area contributed by atoms with Gasteiger partial charge in [0.25, 0.3) is 0 Å². The van der Waals surface area contributed by atoms with Gasteiger partial charge in [-0.05, 0) is 66.2 Å². The summed E-state index contributed by atoms with van der Waals surface area (Å²) in [5.41, 5.74) is 2.99. The molecule has 1 unspecified atom stereocenters. The Morgan fingerprint density at radius 3 is 3.00 bits per heavy atom. The van der Waals surface area contributed by atoms with Crippen LogP contribution in [0.5, 0.6) is 0 Å². The van der Waals surface area contributed by atoms with E-state index in [1.165, 1.54) is 17.7 Å². The summed E-state index contributed by atoms with van der Waals surface area (Å²) in [6.45, 7) is 2.10. The number of fused-ring (bicyclic) bond motifs is 1. The molecule has 98 valence electrons. The predicted octanol–water partition coefficient (Wildman–Crippen LogP) is 4.70. The van der Waals surface area contributed by atoms with E-state index in [0.29, 0.717) is 4.77 Å². The number of benzene rings is 1. The third-order valence-corrected chi connectivity index (χ3v) is 4.26. The molecule has 2 heterocycles. The highest BCUT2D eigenvalue weighted by Gasteiger charge is 2.12. The minimum atomic E-state index is -0.238. The van der Waals surface area contributed by atoms with Crippen LogP contribution in [-0.4, -0.2) is 9.55 Å². The number of aromatic amines is 1. The van der Waals surface area contributed by atoms with Crippen molar-refractivity contribution >= 4 is 34.6 Å². The fourth-order valence-corrected chi connectivity index (χ4v) is 3.44. The zero-order chi connectivity index (χ0) is 13.4. The Balaban J connectivity index is 2.06. The van der Waals surface area contributed by atoms with Gasteiger partial charge in [-0.15, -0.1) is 0 Å². The molecule has 0 aliphatic rings. The number of imidazole rings is 1. The zero-order valence-electron chi connectivity index (χ0n) is 10.4. The number of nitrogens with zero attached hydrogens (tertiary/aromatic N) is 1. The minimum Gasteiger partial charge on any atom is -0.331 e. The van der Waals surface area contributed by atoms with Crippen molar-refractivity contribution in [2.45, 2.75) is 19.4 Å². The number of thiophene rings is 1. The van der Waals surface area contributed by atoms with Crippen molar-refractivity contribution in [1.82, 2.24) is 9.55 Å². The van der Waals surface area contributed by atoms with Crippen LogP contribution in [0.2, 0.25) is 0 Å². The summed E-state index contributed by atoms with van der Waals surface area (Å²) in [5.74, 6) is -0.238. The second-order valence-electron chi connectivity index (χ2n) is 4.65. The lowest BCUT2D eigenvalue weighted by Crippen LogP contribution is -2.08. The molecule has 5 heteroatoms. The molecule has 0 bridgehead atoms. The molecule has 0 saturated heterocycles. The van der Waals surface area contributed by atoms with Crippen LogP contribution >= 0.6 is 23.6 Å². The largest absolute Gasteiger partial charge is 0.331 e. The van der Waals surface area contributed by atoms with Gasteiger partial charge in [0.1, 0.15) is 5.82 Å². The molecule has 1 atom stereocenters. The molecule has 19 heavy (non-hydrogen) atoms. The molecule has 2 nitrogen and oxygen atoms in total. The molecule has 0 aliphatic heterocycles. The van der Waals surface area contributed by atoms with Crippen molar-refractivity contribution < 1.29 is 4.39 Å². The van der Waals surface area contributed by atoms with Gasteiger partial charge in [-0.3, -0.25) is 0 Å². The van der Waals surface area contributed by atoms with Crippen LogP contribution in [0.25, 0.3) is 11.0 Å². The van der Waals surface area contributed by atoms with E-state index in [9.17, 15) is 4.39 Å². The van der Waals surface area contributed by atoms with Crippen LogP contribution in [-0.2, 0) is 6.42 Å². The van der Waals surface area contributed by atoms with Crippen LogP contribution < -0.4 is 0 Å². The number of aromatic nitrogens is 2. The summed E-state index contributed by atoms with van der Waals surface area (Å²) in [6.07, 6.45) is 0.890. The molecule has 1 aromatic carbocycles. The van der Waals surface area contributed by atoms with Gasteiger partial charge in [0.2, 0.25) is 0 Å². The Labute approximate surface area is 119 Å². The van der Waals surface area contributed by atoms with E-state index < -0.39 is 0 Å². The monoisotopic (exact) mass is 292 g/mol. The van der Waals surface area contributed by atoms with Crippen molar-refractivity contribution in [3.63, 3.8) is 0 Å². The van der Waals surface area contributed by atoms with E-state index in [1.807, 2.05) is 4.57 Å². The maximum atomic E-state index is 13.4. The maximum Gasteiger partial charge on any atom is 0.178 e. The molecule has 2 aromatic heterocycles. The molecule has 0 amide bonds. The second-order valence-corrected chi connectivity index (χ2v) is 5.81. The number of halogens is 1. The Hall–Kier alpha value is -1.46. The Morgan fingerprint density at radius 2 is 2.26 bits per heavy atom. The average molecular weight is 292 g/mol. The molecule has 0 radical (unpaired) electrons. The fraction of sp³-hybridized carbons (Fsp3) is 0.214. The highest BCUT2D eigenvalue weighted by atomic mass is 32.1. The van der Waals surface area contributed by atoms with Crippen molar-refractivity contribution in [1.29, 1.82) is 0 Å². The molecule has 0 aliphatic carbocycles. The van der Waals surface area contributed by atoms with E-state index in [1.54, 1.807) is 17.4 Å². The summed E-state index contributed by atoms with van der Waals surface area (Å²) < 4.78 is 16.0. The summed E-state index contributed by atoms with van der Waals surface area (Å²) in [7, 11) is 0. The van der Waals surface area contributed by atoms with Gasteiger partial charge in [0, 0.05) is 6.04 Å². The van der Waals surface area contributed by atoms with E-state index >= 15 is 0 Å². The van der Waals surface area contributed by atoms with Gasteiger partial charge < -0.3 is 9.55 Å². The van der Waals surface area contributed by atoms with Crippen LogP contribution in [0.3, 0.4) is 0 Å². The Kier molecular flexibility index (Phi) is 3.24. The van der Waals surface area contributed by atoms with Crippen molar-refractivity contribution in [3.05, 3.63) is 51.2 Å². The highest BCUT2D eigenvalue weighted by molar-refractivity contribution is 7.71. The second kappa shape index (κ2) is 4.90. The van der Waals surface area contributed by atoms with E-state index in [0.717, 1.165) is 17.5 Å². The van der Waals surface area contributed by atoms with E-state index in [-0.39, 0.29) is 11.9 Å². The summed E-state index contributed by atoms with van der Waals surface area (Å²) >= 11 is 7.04. The summed E-state index contributed by atoms with van der Waals surface area (Å²) in [5, 5.41) is 4.20.